The number of hydrogen-bond donors (Lipinski definition) is 0. The zero-order valence-electron chi connectivity index (χ0n) is 2.41. The summed E-state index contributed by atoms with van der Waals surface area (Å²) in [4.78, 5) is 0. The average Bonchev–Trinajstić information content (AvgIpc) is 0. The molecule has 6 heteroatoms. The molecule has 0 radical (unpaired) electrons. The van der Waals surface area contributed by atoms with Crippen molar-refractivity contribution in [1.29, 1.82) is 0 Å². The second-order valence-corrected chi connectivity index (χ2v) is 0. The summed E-state index contributed by atoms with van der Waals surface area (Å²) in [5.41, 5.74) is 0. The van der Waals surface area contributed by atoms with Gasteiger partial charge < -0.3 is 0 Å². The van der Waals surface area contributed by atoms with Gasteiger partial charge in [-0.25, -0.2) is 0 Å². The molecule has 0 amide bonds. The first-order valence-corrected chi connectivity index (χ1v) is 0. The van der Waals surface area contributed by atoms with E-state index in [-0.39, 0.29) is 117 Å². The third-order valence-corrected chi connectivity index (χ3v) is 0. The molecular formula is H6Al2Ti2Zn2. The third-order valence-electron chi connectivity index (χ3n) is 0. The van der Waals surface area contributed by atoms with Gasteiger partial charge in [-0.05, 0) is 0 Å². The summed E-state index contributed by atoms with van der Waals surface area (Å²) in [7, 11) is 0. The van der Waals surface area contributed by atoms with Gasteiger partial charge in [-0.3, -0.25) is 0 Å². The molecule has 6 heavy (non-hydrogen) atoms. The molecule has 0 aliphatic rings. The zero-order valence-corrected chi connectivity index (χ0v) is 11.5. The predicted octanol–water partition coefficient (Wildman–Crippen LogP) is -2.38. The number of hydrogen-bond acceptors (Lipinski definition) is 0. The Hall–Kier alpha value is 3.74. The summed E-state index contributed by atoms with van der Waals surface area (Å²) in [5.74, 6) is 0. The zero-order chi connectivity index (χ0) is 0. The van der Waals surface area contributed by atoms with Gasteiger partial charge in [-0.2, -0.15) is 0 Å². The molecule has 0 saturated heterocycles. The normalized spacial score (nSPS) is 0. The van der Waals surface area contributed by atoms with E-state index in [4.69, 9.17) is 0 Å². The van der Waals surface area contributed by atoms with Crippen LogP contribution in [0.25, 0.3) is 0 Å². The van der Waals surface area contributed by atoms with Gasteiger partial charge in [-0.1, -0.05) is 0 Å². The molecule has 24 valence electrons. The second-order valence-electron chi connectivity index (χ2n) is 0. The molecule has 0 spiro atoms. The van der Waals surface area contributed by atoms with E-state index < -0.39 is 0 Å². The maximum Gasteiger partial charge on any atom is 0.187 e. The quantitative estimate of drug-likeness (QED) is 0.437. The fourth-order valence-corrected chi connectivity index (χ4v) is 0. The smallest absolute Gasteiger partial charge is 0 e. The molecule has 0 rings (SSSR count). The van der Waals surface area contributed by atoms with Crippen molar-refractivity contribution >= 4 is 34.7 Å². The van der Waals surface area contributed by atoms with Gasteiger partial charge in [0.1, 0.15) is 0 Å². The maximum absolute atomic E-state index is 0. The molecule has 0 aromatic heterocycles. The first-order chi connectivity index (χ1) is 0. The van der Waals surface area contributed by atoms with Crippen LogP contribution in [0, 0.1) is 0 Å². The van der Waals surface area contributed by atoms with E-state index >= 15 is 0 Å². The summed E-state index contributed by atoms with van der Waals surface area (Å²) in [5, 5.41) is 0. The molecule has 0 fully saturated rings. The van der Waals surface area contributed by atoms with Crippen LogP contribution in [0.3, 0.4) is 0 Å². The standard InChI is InChI=1S/2Al.2Ti.2Zn.6H. The van der Waals surface area contributed by atoms with E-state index in [9.17, 15) is 0 Å². The van der Waals surface area contributed by atoms with Gasteiger partial charge >= 0.3 is 0 Å². The van der Waals surface area contributed by atoms with Crippen LogP contribution in [-0.4, -0.2) is 34.7 Å². The minimum absolute atomic E-state index is 0. The molecule has 0 aromatic rings. The van der Waals surface area contributed by atoms with E-state index in [1.54, 1.807) is 0 Å². The van der Waals surface area contributed by atoms with Crippen molar-refractivity contribution in [3.05, 3.63) is 0 Å². The van der Waals surface area contributed by atoms with Crippen molar-refractivity contribution in [3.63, 3.8) is 0 Å². The predicted molar refractivity (Wildman–Crippen MR) is 19.9 cm³/mol. The first kappa shape index (κ1) is 53.2. The van der Waals surface area contributed by atoms with Gasteiger partial charge in [-0.15, -0.1) is 0 Å². The Morgan fingerprint density at radius 2 is 0.500 bits per heavy atom. The Morgan fingerprint density at radius 1 is 0.500 bits per heavy atom. The largest absolute Gasteiger partial charge is 0.187 e. The van der Waals surface area contributed by atoms with Gasteiger partial charge in [0.25, 0.3) is 0 Å². The van der Waals surface area contributed by atoms with Crippen molar-refractivity contribution in [2.45, 2.75) is 0 Å². The molecule has 0 aromatic carbocycles. The Balaban J connectivity index is 0. The molecule has 0 saturated carbocycles. The van der Waals surface area contributed by atoms with Crippen LogP contribution >= 0.6 is 0 Å². The van der Waals surface area contributed by atoms with Gasteiger partial charge in [0.05, 0.1) is 0 Å². The van der Waals surface area contributed by atoms with Crippen molar-refractivity contribution in [1.82, 2.24) is 0 Å². The van der Waals surface area contributed by atoms with Crippen LogP contribution in [0.1, 0.15) is 0 Å². The van der Waals surface area contributed by atoms with Gasteiger partial charge in [0.2, 0.25) is 0 Å². The Kier molecular flexibility index (Phi) is 332. The Morgan fingerprint density at radius 3 is 0.500 bits per heavy atom. The maximum atomic E-state index is 0. The topological polar surface area (TPSA) is 0 Å². The van der Waals surface area contributed by atoms with Crippen molar-refractivity contribution in [2.75, 3.05) is 0 Å². The van der Waals surface area contributed by atoms with E-state index in [1.807, 2.05) is 0 Å². The fourth-order valence-electron chi connectivity index (χ4n) is 0. The summed E-state index contributed by atoms with van der Waals surface area (Å²) in [6, 6.07) is 0. The minimum Gasteiger partial charge on any atom is 0 e. The fraction of sp³-hybridized carbons (Fsp3) is 0. The SMILES string of the molecule is [AlH3].[AlH3].[Ti].[Ti].[Zn].[Zn]. The van der Waals surface area contributed by atoms with Crippen LogP contribution in [0.2, 0.25) is 0 Å². The molecule has 0 atom stereocenters. The van der Waals surface area contributed by atoms with E-state index in [1.165, 1.54) is 0 Å². The Bertz CT molecular complexity index is 9.51. The second kappa shape index (κ2) is 37.4. The molecule has 0 heterocycles. The van der Waals surface area contributed by atoms with Crippen LogP contribution in [-0.2, 0) is 82.4 Å². The average molecular weight is 287 g/mol. The summed E-state index contributed by atoms with van der Waals surface area (Å²) < 4.78 is 0. The molecule has 0 unspecified atom stereocenters. The molecule has 0 aliphatic heterocycles. The Labute approximate surface area is 115 Å². The van der Waals surface area contributed by atoms with Gasteiger partial charge in [0, 0.05) is 82.4 Å². The van der Waals surface area contributed by atoms with Crippen molar-refractivity contribution in [3.8, 4) is 0 Å². The van der Waals surface area contributed by atoms with Crippen LogP contribution in [0.15, 0.2) is 0 Å². The van der Waals surface area contributed by atoms with Crippen LogP contribution in [0.5, 0.6) is 0 Å². The van der Waals surface area contributed by atoms with E-state index in [2.05, 4.69) is 0 Å². The monoisotopic (exact) mass is 284 g/mol. The molecule has 0 nitrogen and oxygen atoms in total. The van der Waals surface area contributed by atoms with Crippen LogP contribution in [0.4, 0.5) is 0 Å². The third kappa shape index (κ3) is 25.1. The van der Waals surface area contributed by atoms with Gasteiger partial charge in [0.15, 0.2) is 34.7 Å². The van der Waals surface area contributed by atoms with Crippen molar-refractivity contribution < 1.29 is 82.4 Å². The first-order valence-electron chi connectivity index (χ1n) is 0. The minimum atomic E-state index is 0. The van der Waals surface area contributed by atoms with Crippen molar-refractivity contribution in [2.24, 2.45) is 0 Å². The molecule has 0 N–H and O–H groups in total. The summed E-state index contributed by atoms with van der Waals surface area (Å²) >= 11 is 0. The summed E-state index contributed by atoms with van der Waals surface area (Å²) in [6.45, 7) is 0. The molecule has 0 aliphatic carbocycles. The van der Waals surface area contributed by atoms with Crippen LogP contribution < -0.4 is 0 Å². The van der Waals surface area contributed by atoms with E-state index in [0.29, 0.717) is 0 Å². The summed E-state index contributed by atoms with van der Waals surface area (Å²) in [6.07, 6.45) is 0. The number of rotatable bonds is 0. The van der Waals surface area contributed by atoms with E-state index in [0.717, 1.165) is 0 Å². The molecule has 0 bridgehead atoms. The molecular weight excluding hydrogens is 280 g/mol.